The molecule has 1 aromatic rings. The Morgan fingerprint density at radius 2 is 1.93 bits per heavy atom. The third kappa shape index (κ3) is 3.89. The largest absolute Gasteiger partial charge is 0.361 e. The molecule has 29 heavy (non-hydrogen) atoms. The summed E-state index contributed by atoms with van der Waals surface area (Å²) in [7, 11) is -3.13. The molecule has 8 heteroatoms. The molecule has 4 fully saturated rings. The first-order valence-corrected chi connectivity index (χ1v) is 12.9. The Labute approximate surface area is 174 Å². The molecule has 0 radical (unpaired) electrons. The lowest BCUT2D eigenvalue weighted by Gasteiger charge is -2.57. The second-order valence-electron chi connectivity index (χ2n) is 9.71. The van der Waals surface area contributed by atoms with E-state index in [0.29, 0.717) is 30.5 Å². The van der Waals surface area contributed by atoms with Gasteiger partial charge in [-0.15, -0.1) is 0 Å². The van der Waals surface area contributed by atoms with Gasteiger partial charge in [0.25, 0.3) is 0 Å². The van der Waals surface area contributed by atoms with Crippen LogP contribution < -0.4 is 4.72 Å². The number of piperidine rings is 3. The first-order chi connectivity index (χ1) is 13.9. The molecule has 4 heterocycles. The fraction of sp³-hybridized carbons (Fsp3) is 0.857. The van der Waals surface area contributed by atoms with E-state index in [1.54, 1.807) is 0 Å². The number of sulfonamides is 1. The summed E-state index contributed by atoms with van der Waals surface area (Å²) < 4.78 is 33.3. The van der Waals surface area contributed by atoms with Gasteiger partial charge in [-0.2, -0.15) is 0 Å². The molecule has 3 saturated heterocycles. The molecule has 0 amide bonds. The molecule has 0 unspecified atom stereocenters. The zero-order valence-electron chi connectivity index (χ0n) is 17.6. The molecule has 7 nitrogen and oxygen atoms in total. The molecule has 1 saturated carbocycles. The highest BCUT2D eigenvalue weighted by molar-refractivity contribution is 7.90. The smallest absolute Gasteiger partial charge is 0.214 e. The Kier molecular flexibility index (Phi) is 5.25. The van der Waals surface area contributed by atoms with Gasteiger partial charge in [0.05, 0.1) is 10.9 Å². The Bertz CT molecular complexity index is 831. The van der Waals surface area contributed by atoms with Crippen molar-refractivity contribution in [1.29, 1.82) is 0 Å². The number of nitrogens with one attached hydrogen (secondary N) is 1. The summed E-state index contributed by atoms with van der Waals surface area (Å²) in [5.74, 6) is 2.13. The predicted octanol–water partition coefficient (Wildman–Crippen LogP) is 2.05. The van der Waals surface area contributed by atoms with E-state index in [9.17, 15) is 8.42 Å². The van der Waals surface area contributed by atoms with Crippen LogP contribution in [0.2, 0.25) is 0 Å². The molecule has 0 aromatic carbocycles. The second-order valence-corrected chi connectivity index (χ2v) is 11.8. The minimum Gasteiger partial charge on any atom is -0.361 e. The van der Waals surface area contributed by atoms with Gasteiger partial charge in [0.2, 0.25) is 10.0 Å². The van der Waals surface area contributed by atoms with Crippen molar-refractivity contribution in [2.75, 3.05) is 26.2 Å². The molecule has 5 rings (SSSR count). The van der Waals surface area contributed by atoms with Crippen molar-refractivity contribution >= 4 is 10.0 Å². The number of hydrogen-bond donors (Lipinski definition) is 1. The van der Waals surface area contributed by atoms with Gasteiger partial charge in [-0.3, -0.25) is 9.80 Å². The van der Waals surface area contributed by atoms with Crippen LogP contribution >= 0.6 is 0 Å². The van der Waals surface area contributed by atoms with Gasteiger partial charge in [-0.05, 0) is 64.3 Å². The van der Waals surface area contributed by atoms with Crippen molar-refractivity contribution in [3.8, 4) is 0 Å². The lowest BCUT2D eigenvalue weighted by Crippen LogP contribution is -2.65. The fourth-order valence-electron chi connectivity index (χ4n) is 6.06. The lowest BCUT2D eigenvalue weighted by atomic mass is 9.72. The van der Waals surface area contributed by atoms with Crippen molar-refractivity contribution in [1.82, 2.24) is 19.7 Å². The maximum Gasteiger partial charge on any atom is 0.214 e. The molecule has 1 N–H and O–H groups in total. The number of likely N-dealkylation sites (tertiary alicyclic amines) is 1. The van der Waals surface area contributed by atoms with Crippen LogP contribution in [0.1, 0.15) is 55.5 Å². The summed E-state index contributed by atoms with van der Waals surface area (Å²) in [5, 5.41) is 3.99. The van der Waals surface area contributed by atoms with Crippen LogP contribution in [0.5, 0.6) is 0 Å². The van der Waals surface area contributed by atoms with Crippen LogP contribution in [0.4, 0.5) is 0 Å². The number of aryl methyl sites for hydroxylation is 2. The molecule has 162 valence electrons. The van der Waals surface area contributed by atoms with Crippen molar-refractivity contribution in [3.63, 3.8) is 0 Å². The molecule has 1 aromatic heterocycles. The summed E-state index contributed by atoms with van der Waals surface area (Å²) in [6, 6.07) is 0.917. The Morgan fingerprint density at radius 1 is 1.14 bits per heavy atom. The van der Waals surface area contributed by atoms with Gasteiger partial charge in [0, 0.05) is 43.8 Å². The van der Waals surface area contributed by atoms with Gasteiger partial charge in [0.1, 0.15) is 5.76 Å². The van der Waals surface area contributed by atoms with E-state index in [0.717, 1.165) is 50.5 Å². The van der Waals surface area contributed by atoms with Crippen molar-refractivity contribution in [2.45, 2.75) is 76.3 Å². The summed E-state index contributed by atoms with van der Waals surface area (Å²) >= 11 is 0. The lowest BCUT2D eigenvalue weighted by molar-refractivity contribution is -0.0711. The highest BCUT2D eigenvalue weighted by Crippen LogP contribution is 2.41. The minimum absolute atomic E-state index is 0.140. The van der Waals surface area contributed by atoms with E-state index in [-0.39, 0.29) is 5.25 Å². The summed E-state index contributed by atoms with van der Waals surface area (Å²) in [6.45, 7) is 8.76. The van der Waals surface area contributed by atoms with Gasteiger partial charge in [-0.1, -0.05) is 11.6 Å². The molecule has 3 aliphatic heterocycles. The summed E-state index contributed by atoms with van der Waals surface area (Å²) in [6.07, 6.45) is 6.67. The highest BCUT2D eigenvalue weighted by Gasteiger charge is 2.47. The number of hydrogen-bond acceptors (Lipinski definition) is 6. The molecule has 2 bridgehead atoms. The van der Waals surface area contributed by atoms with E-state index in [4.69, 9.17) is 4.52 Å². The Balaban J connectivity index is 1.34. The normalized spacial score (nSPS) is 33.6. The van der Waals surface area contributed by atoms with Crippen molar-refractivity contribution in [3.05, 3.63) is 17.0 Å². The zero-order valence-corrected chi connectivity index (χ0v) is 18.5. The first kappa shape index (κ1) is 20.0. The quantitative estimate of drug-likeness (QED) is 0.756. The van der Waals surface area contributed by atoms with E-state index >= 15 is 0 Å². The predicted molar refractivity (Wildman–Crippen MR) is 111 cm³/mol. The highest BCUT2D eigenvalue weighted by atomic mass is 32.2. The molecule has 4 aliphatic rings. The molecular weight excluding hydrogens is 388 g/mol. The van der Waals surface area contributed by atoms with Crippen LogP contribution in [0, 0.1) is 25.7 Å². The second kappa shape index (κ2) is 7.62. The van der Waals surface area contributed by atoms with Gasteiger partial charge in [0.15, 0.2) is 0 Å². The van der Waals surface area contributed by atoms with E-state index in [1.807, 2.05) is 13.8 Å². The summed E-state index contributed by atoms with van der Waals surface area (Å²) in [5.41, 5.74) is 2.21. The molecule has 0 spiro atoms. The van der Waals surface area contributed by atoms with E-state index in [1.165, 1.54) is 31.2 Å². The maximum atomic E-state index is 12.5. The number of fused-ring (bicyclic) bond motifs is 4. The standard InChI is InChI=1S/C21H34N4O3S/c1-14-19(15(2)28-23-14)13-24-11-16-9-17(12-24)21(25-8-4-3-5-20(16)25)10-22-29(26,27)18-6-7-18/h16-18,20-22H,3-13H2,1-2H3/t16-,17+,20+,21+/m1/s1. The third-order valence-corrected chi connectivity index (χ3v) is 9.64. The van der Waals surface area contributed by atoms with Gasteiger partial charge in [-0.25, -0.2) is 13.1 Å². The van der Waals surface area contributed by atoms with E-state index < -0.39 is 10.0 Å². The summed E-state index contributed by atoms with van der Waals surface area (Å²) in [4.78, 5) is 5.24. The molecule has 1 aliphatic carbocycles. The average molecular weight is 423 g/mol. The monoisotopic (exact) mass is 422 g/mol. The minimum atomic E-state index is -3.13. The molecular formula is C21H34N4O3S. The maximum absolute atomic E-state index is 12.5. The van der Waals surface area contributed by atoms with Gasteiger partial charge < -0.3 is 4.52 Å². The van der Waals surface area contributed by atoms with Crippen molar-refractivity contribution < 1.29 is 12.9 Å². The van der Waals surface area contributed by atoms with Crippen molar-refractivity contribution in [2.24, 2.45) is 11.8 Å². The van der Waals surface area contributed by atoms with E-state index in [2.05, 4.69) is 19.7 Å². The van der Waals surface area contributed by atoms with Crippen LogP contribution in [-0.4, -0.2) is 66.9 Å². The molecule has 4 atom stereocenters. The number of aromatic nitrogens is 1. The zero-order chi connectivity index (χ0) is 20.2. The van der Waals surface area contributed by atoms with Crippen LogP contribution in [0.25, 0.3) is 0 Å². The third-order valence-electron chi connectivity index (χ3n) is 7.72. The first-order valence-electron chi connectivity index (χ1n) is 11.3. The topological polar surface area (TPSA) is 78.7 Å². The average Bonchev–Trinajstić information content (AvgIpc) is 3.52. The van der Waals surface area contributed by atoms with Crippen LogP contribution in [0.3, 0.4) is 0 Å². The Hall–Kier alpha value is -0.960. The van der Waals surface area contributed by atoms with Crippen LogP contribution in [-0.2, 0) is 16.6 Å². The SMILES string of the molecule is Cc1noc(C)c1CN1C[C@H]2C[C@@H](C1)[C@H](CNS(=O)(=O)C1CC1)N1CCCC[C@@H]21. The fourth-order valence-corrected chi connectivity index (χ4v) is 7.46. The number of rotatable bonds is 6. The van der Waals surface area contributed by atoms with Gasteiger partial charge >= 0.3 is 0 Å². The Morgan fingerprint density at radius 3 is 2.66 bits per heavy atom. The number of nitrogens with zero attached hydrogens (tertiary/aromatic N) is 3. The van der Waals surface area contributed by atoms with Crippen LogP contribution in [0.15, 0.2) is 4.52 Å².